The van der Waals surface area contributed by atoms with Crippen molar-refractivity contribution in [2.45, 2.75) is 44.5 Å². The third-order valence-electron chi connectivity index (χ3n) is 3.20. The Balaban J connectivity index is 2.29. The molecule has 0 radical (unpaired) electrons. The summed E-state index contributed by atoms with van der Waals surface area (Å²) in [5, 5.41) is 0. The maximum atomic E-state index is 12.7. The average Bonchev–Trinajstić information content (AvgIpc) is 2.17. The molecule has 1 aliphatic rings. The third kappa shape index (κ3) is 3.97. The minimum absolute atomic E-state index is 0.121. The molecule has 15 heavy (non-hydrogen) atoms. The molecule has 1 atom stereocenters. The molecule has 0 aromatic rings. The van der Waals surface area contributed by atoms with Crippen molar-refractivity contribution in [3.8, 4) is 0 Å². The molecule has 1 rings (SSSR count). The van der Waals surface area contributed by atoms with Gasteiger partial charge in [0.05, 0.1) is 0 Å². The van der Waals surface area contributed by atoms with E-state index in [1.54, 1.807) is 0 Å². The Kier molecular flexibility index (Phi) is 4.37. The lowest BCUT2D eigenvalue weighted by Gasteiger charge is -2.28. The monoisotopic (exact) mass is 227 g/mol. The molecule has 0 aliphatic heterocycles. The SMILES string of the molecule is NCC1CCC(CC(F)C(F)(F)F)CC1. The maximum Gasteiger partial charge on any atom is 0.419 e. The smallest absolute Gasteiger partial charge is 0.330 e. The first-order valence-electron chi connectivity index (χ1n) is 5.34. The summed E-state index contributed by atoms with van der Waals surface area (Å²) in [4.78, 5) is 0. The van der Waals surface area contributed by atoms with Gasteiger partial charge in [0.25, 0.3) is 0 Å². The zero-order valence-corrected chi connectivity index (χ0v) is 8.56. The van der Waals surface area contributed by atoms with E-state index in [-0.39, 0.29) is 12.3 Å². The molecule has 1 saturated carbocycles. The van der Waals surface area contributed by atoms with Crippen molar-refractivity contribution in [1.82, 2.24) is 0 Å². The lowest BCUT2D eigenvalue weighted by atomic mass is 9.80. The van der Waals surface area contributed by atoms with E-state index >= 15 is 0 Å². The van der Waals surface area contributed by atoms with E-state index in [2.05, 4.69) is 0 Å². The van der Waals surface area contributed by atoms with Crippen LogP contribution in [0.1, 0.15) is 32.1 Å². The Morgan fingerprint density at radius 3 is 1.93 bits per heavy atom. The molecule has 1 nitrogen and oxygen atoms in total. The van der Waals surface area contributed by atoms with Crippen molar-refractivity contribution in [1.29, 1.82) is 0 Å². The van der Waals surface area contributed by atoms with Gasteiger partial charge >= 0.3 is 6.18 Å². The van der Waals surface area contributed by atoms with Gasteiger partial charge in [0.1, 0.15) is 0 Å². The molecule has 0 amide bonds. The summed E-state index contributed by atoms with van der Waals surface area (Å²) in [5.74, 6) is 0.301. The first-order valence-corrected chi connectivity index (χ1v) is 5.34. The minimum Gasteiger partial charge on any atom is -0.330 e. The van der Waals surface area contributed by atoms with Crippen LogP contribution in [-0.4, -0.2) is 18.9 Å². The molecule has 0 aromatic heterocycles. The van der Waals surface area contributed by atoms with Crippen LogP contribution in [0.3, 0.4) is 0 Å². The van der Waals surface area contributed by atoms with Gasteiger partial charge in [0.15, 0.2) is 6.17 Å². The first-order chi connectivity index (χ1) is 6.93. The van der Waals surface area contributed by atoms with E-state index in [9.17, 15) is 17.6 Å². The first kappa shape index (κ1) is 12.7. The highest BCUT2D eigenvalue weighted by atomic mass is 19.4. The molecule has 0 aromatic carbocycles. The van der Waals surface area contributed by atoms with Crippen molar-refractivity contribution in [3.63, 3.8) is 0 Å². The fourth-order valence-electron chi connectivity index (χ4n) is 2.13. The lowest BCUT2D eigenvalue weighted by Crippen LogP contribution is -2.29. The van der Waals surface area contributed by atoms with Gasteiger partial charge in [-0.05, 0) is 37.6 Å². The maximum absolute atomic E-state index is 12.7. The fraction of sp³-hybridized carbons (Fsp3) is 1.00. The van der Waals surface area contributed by atoms with Crippen LogP contribution < -0.4 is 5.73 Å². The molecular formula is C10H17F4N. The molecule has 90 valence electrons. The summed E-state index contributed by atoms with van der Waals surface area (Å²) in [6, 6.07) is 0. The van der Waals surface area contributed by atoms with E-state index in [0.717, 1.165) is 12.8 Å². The fourth-order valence-corrected chi connectivity index (χ4v) is 2.13. The van der Waals surface area contributed by atoms with E-state index in [1.807, 2.05) is 0 Å². The summed E-state index contributed by atoms with van der Waals surface area (Å²) >= 11 is 0. The van der Waals surface area contributed by atoms with Crippen LogP contribution in [0.25, 0.3) is 0 Å². The summed E-state index contributed by atoms with van der Waals surface area (Å²) < 4.78 is 48.6. The zero-order valence-electron chi connectivity index (χ0n) is 8.56. The summed E-state index contributed by atoms with van der Waals surface area (Å²) in [6.07, 6.45) is -4.68. The normalized spacial score (nSPS) is 30.2. The Hall–Kier alpha value is -0.320. The number of rotatable bonds is 3. The largest absolute Gasteiger partial charge is 0.419 e. The zero-order chi connectivity index (χ0) is 11.5. The van der Waals surface area contributed by atoms with Gasteiger partial charge in [-0.2, -0.15) is 13.2 Å². The summed E-state index contributed by atoms with van der Waals surface area (Å²) in [5.41, 5.74) is 5.47. The van der Waals surface area contributed by atoms with Gasteiger partial charge in [-0.25, -0.2) is 4.39 Å². The van der Waals surface area contributed by atoms with Crippen LogP contribution in [0.15, 0.2) is 0 Å². The summed E-state index contributed by atoms with van der Waals surface area (Å²) in [7, 11) is 0. The van der Waals surface area contributed by atoms with E-state index in [0.29, 0.717) is 25.3 Å². The third-order valence-corrected chi connectivity index (χ3v) is 3.20. The van der Waals surface area contributed by atoms with Crippen molar-refractivity contribution in [2.24, 2.45) is 17.6 Å². The molecule has 0 bridgehead atoms. The highest BCUT2D eigenvalue weighted by Crippen LogP contribution is 2.35. The molecular weight excluding hydrogens is 210 g/mol. The van der Waals surface area contributed by atoms with Crippen LogP contribution >= 0.6 is 0 Å². The molecule has 2 N–H and O–H groups in total. The standard InChI is InChI=1S/C10H17F4N/c11-9(10(12,13)14)5-7-1-3-8(6-15)4-2-7/h7-9H,1-6,15H2. The van der Waals surface area contributed by atoms with Crippen molar-refractivity contribution >= 4 is 0 Å². The second-order valence-corrected chi connectivity index (χ2v) is 4.37. The van der Waals surface area contributed by atoms with Crippen molar-refractivity contribution in [2.75, 3.05) is 6.54 Å². The molecule has 0 spiro atoms. The van der Waals surface area contributed by atoms with Gasteiger partial charge in [0.2, 0.25) is 0 Å². The Morgan fingerprint density at radius 2 is 1.53 bits per heavy atom. The number of hydrogen-bond acceptors (Lipinski definition) is 1. The van der Waals surface area contributed by atoms with Crippen LogP contribution in [-0.2, 0) is 0 Å². The van der Waals surface area contributed by atoms with Gasteiger partial charge in [-0.1, -0.05) is 12.8 Å². The predicted molar refractivity (Wildman–Crippen MR) is 50.1 cm³/mol. The number of alkyl halides is 4. The molecule has 1 aliphatic carbocycles. The Morgan fingerprint density at radius 1 is 1.07 bits per heavy atom. The van der Waals surface area contributed by atoms with Gasteiger partial charge in [0, 0.05) is 0 Å². The predicted octanol–water partition coefficient (Wildman–Crippen LogP) is 3.04. The molecule has 0 heterocycles. The minimum atomic E-state index is -4.69. The highest BCUT2D eigenvalue weighted by molar-refractivity contribution is 4.77. The van der Waals surface area contributed by atoms with E-state index in [1.165, 1.54) is 0 Å². The van der Waals surface area contributed by atoms with Crippen molar-refractivity contribution in [3.05, 3.63) is 0 Å². The molecule has 1 fully saturated rings. The van der Waals surface area contributed by atoms with Crippen LogP contribution in [0.4, 0.5) is 17.6 Å². The van der Waals surface area contributed by atoms with Gasteiger partial charge in [-0.15, -0.1) is 0 Å². The quantitative estimate of drug-likeness (QED) is 0.737. The molecule has 0 saturated heterocycles. The second-order valence-electron chi connectivity index (χ2n) is 4.37. The number of hydrogen-bond donors (Lipinski definition) is 1. The molecule has 5 heteroatoms. The Bertz CT molecular complexity index is 184. The van der Waals surface area contributed by atoms with Crippen LogP contribution in [0.2, 0.25) is 0 Å². The summed E-state index contributed by atoms with van der Waals surface area (Å²) in [6.45, 7) is 0.588. The number of halogens is 4. The van der Waals surface area contributed by atoms with Gasteiger partial charge < -0.3 is 5.73 Å². The second kappa shape index (κ2) is 5.14. The highest BCUT2D eigenvalue weighted by Gasteiger charge is 2.41. The number of nitrogens with two attached hydrogens (primary N) is 1. The van der Waals surface area contributed by atoms with E-state index < -0.39 is 12.3 Å². The van der Waals surface area contributed by atoms with Gasteiger partial charge in [-0.3, -0.25) is 0 Å². The topological polar surface area (TPSA) is 26.0 Å². The average molecular weight is 227 g/mol. The lowest BCUT2D eigenvalue weighted by molar-refractivity contribution is -0.185. The van der Waals surface area contributed by atoms with Crippen LogP contribution in [0.5, 0.6) is 0 Å². The molecule has 1 unspecified atom stereocenters. The van der Waals surface area contributed by atoms with Crippen molar-refractivity contribution < 1.29 is 17.6 Å². The Labute approximate surface area is 87.0 Å². The van der Waals surface area contributed by atoms with E-state index in [4.69, 9.17) is 5.73 Å². The van der Waals surface area contributed by atoms with Crippen LogP contribution in [0, 0.1) is 11.8 Å².